The van der Waals surface area contributed by atoms with Crippen molar-refractivity contribution in [2.45, 2.75) is 38.4 Å². The number of anilines is 1. The first kappa shape index (κ1) is 14.8. The maximum absolute atomic E-state index is 12.4. The fourth-order valence-corrected chi connectivity index (χ4v) is 1.60. The third-order valence-electron chi connectivity index (χ3n) is 3.14. The minimum atomic E-state index is -4.38. The van der Waals surface area contributed by atoms with Crippen LogP contribution in [0.3, 0.4) is 0 Å². The molecule has 0 aromatic carbocycles. The minimum absolute atomic E-state index is 0.0945. The maximum Gasteiger partial charge on any atom is 0.417 e. The number of aliphatic hydroxyl groups is 1. The molecule has 3 nitrogen and oxygen atoms in total. The zero-order valence-corrected chi connectivity index (χ0v) is 10.4. The van der Waals surface area contributed by atoms with Crippen molar-refractivity contribution in [2.75, 3.05) is 11.9 Å². The van der Waals surface area contributed by atoms with Gasteiger partial charge in [-0.1, -0.05) is 13.8 Å². The molecule has 0 unspecified atom stereocenters. The van der Waals surface area contributed by atoms with Gasteiger partial charge in [-0.3, -0.25) is 0 Å². The van der Waals surface area contributed by atoms with E-state index in [1.165, 1.54) is 6.07 Å². The number of hydrogen-bond donors (Lipinski definition) is 2. The van der Waals surface area contributed by atoms with Crippen molar-refractivity contribution < 1.29 is 18.3 Å². The Morgan fingerprint density at radius 2 is 1.83 bits per heavy atom. The number of pyridine rings is 1. The lowest BCUT2D eigenvalue weighted by Crippen LogP contribution is -2.41. The normalized spacial score (nSPS) is 12.6. The topological polar surface area (TPSA) is 45.1 Å². The fraction of sp³-hybridized carbons (Fsp3) is 0.583. The van der Waals surface area contributed by atoms with Gasteiger partial charge < -0.3 is 10.4 Å². The van der Waals surface area contributed by atoms with E-state index >= 15 is 0 Å². The first-order chi connectivity index (χ1) is 8.37. The van der Waals surface area contributed by atoms with Crippen LogP contribution in [0.15, 0.2) is 18.3 Å². The van der Waals surface area contributed by atoms with E-state index in [9.17, 15) is 18.3 Å². The Kier molecular flexibility index (Phi) is 4.56. The Bertz CT molecular complexity index is 364. The lowest BCUT2D eigenvalue weighted by atomic mass is 9.94. The molecule has 0 fully saturated rings. The van der Waals surface area contributed by atoms with Crippen LogP contribution in [0.4, 0.5) is 19.0 Å². The van der Waals surface area contributed by atoms with Gasteiger partial charge in [-0.2, -0.15) is 13.2 Å². The molecule has 0 saturated heterocycles. The Morgan fingerprint density at radius 1 is 1.22 bits per heavy atom. The van der Waals surface area contributed by atoms with Crippen LogP contribution < -0.4 is 5.32 Å². The maximum atomic E-state index is 12.4. The van der Waals surface area contributed by atoms with Crippen molar-refractivity contribution in [3.63, 3.8) is 0 Å². The molecule has 0 aliphatic carbocycles. The molecule has 1 rings (SSSR count). The number of hydrogen-bond acceptors (Lipinski definition) is 3. The molecule has 0 atom stereocenters. The summed E-state index contributed by atoms with van der Waals surface area (Å²) in [4.78, 5) is 3.73. The standard InChI is InChI=1S/C12H17F3N2O/c1-3-11(4-2,8-18)17-10-6-5-9(7-16-10)12(13,14)15/h5-7,18H,3-4,8H2,1-2H3,(H,16,17). The molecule has 0 aliphatic rings. The molecule has 0 amide bonds. The molecule has 1 aromatic rings. The molecule has 2 N–H and O–H groups in total. The summed E-state index contributed by atoms with van der Waals surface area (Å²) in [7, 11) is 0. The zero-order chi connectivity index (χ0) is 13.8. The number of rotatable bonds is 5. The number of nitrogens with one attached hydrogen (secondary N) is 1. The van der Waals surface area contributed by atoms with Crippen molar-refractivity contribution in [1.29, 1.82) is 0 Å². The van der Waals surface area contributed by atoms with Crippen molar-refractivity contribution in [2.24, 2.45) is 0 Å². The van der Waals surface area contributed by atoms with E-state index in [1.807, 2.05) is 13.8 Å². The molecule has 18 heavy (non-hydrogen) atoms. The Balaban J connectivity index is 2.86. The molecular formula is C12H17F3N2O. The summed E-state index contributed by atoms with van der Waals surface area (Å²) in [6.45, 7) is 3.70. The smallest absolute Gasteiger partial charge is 0.394 e. The summed E-state index contributed by atoms with van der Waals surface area (Å²) >= 11 is 0. The van der Waals surface area contributed by atoms with Gasteiger partial charge in [0.1, 0.15) is 5.82 Å². The van der Waals surface area contributed by atoms with Gasteiger partial charge in [-0.05, 0) is 25.0 Å². The van der Waals surface area contributed by atoms with Crippen LogP contribution in [0.2, 0.25) is 0 Å². The Hall–Kier alpha value is -1.30. The number of nitrogens with zero attached hydrogens (tertiary/aromatic N) is 1. The molecule has 0 radical (unpaired) electrons. The molecule has 6 heteroatoms. The third kappa shape index (κ3) is 3.35. The summed E-state index contributed by atoms with van der Waals surface area (Å²) in [5.41, 5.74) is -1.32. The SMILES string of the molecule is CCC(CC)(CO)Nc1ccc(C(F)(F)F)cn1. The lowest BCUT2D eigenvalue weighted by molar-refractivity contribution is -0.137. The predicted octanol–water partition coefficient (Wildman–Crippen LogP) is 3.06. The number of aromatic nitrogens is 1. The molecule has 0 aliphatic heterocycles. The van der Waals surface area contributed by atoms with Crippen LogP contribution in [0, 0.1) is 0 Å². The molecule has 0 saturated carbocycles. The number of alkyl halides is 3. The van der Waals surface area contributed by atoms with Gasteiger partial charge in [0.25, 0.3) is 0 Å². The molecule has 1 heterocycles. The van der Waals surface area contributed by atoms with E-state index in [-0.39, 0.29) is 6.61 Å². The highest BCUT2D eigenvalue weighted by Crippen LogP contribution is 2.29. The summed E-state index contributed by atoms with van der Waals surface area (Å²) in [5, 5.41) is 12.3. The summed E-state index contributed by atoms with van der Waals surface area (Å²) in [6.07, 6.45) is -2.28. The fourth-order valence-electron chi connectivity index (χ4n) is 1.60. The van der Waals surface area contributed by atoms with E-state index in [0.717, 1.165) is 12.3 Å². The van der Waals surface area contributed by atoms with Gasteiger partial charge in [0, 0.05) is 6.20 Å². The van der Waals surface area contributed by atoms with Crippen LogP contribution in [0.1, 0.15) is 32.3 Å². The molecule has 0 bridgehead atoms. The second kappa shape index (κ2) is 5.56. The summed E-state index contributed by atoms with van der Waals surface area (Å²) in [6, 6.07) is 2.25. The van der Waals surface area contributed by atoms with E-state index in [4.69, 9.17) is 0 Å². The molecule has 1 aromatic heterocycles. The highest BCUT2D eigenvalue weighted by molar-refractivity contribution is 5.39. The lowest BCUT2D eigenvalue weighted by Gasteiger charge is -2.31. The van der Waals surface area contributed by atoms with E-state index in [1.54, 1.807) is 0 Å². The van der Waals surface area contributed by atoms with E-state index < -0.39 is 17.3 Å². The largest absolute Gasteiger partial charge is 0.417 e. The second-order valence-corrected chi connectivity index (χ2v) is 4.20. The summed E-state index contributed by atoms with van der Waals surface area (Å²) < 4.78 is 37.1. The van der Waals surface area contributed by atoms with Crippen LogP contribution in [0.5, 0.6) is 0 Å². The number of aliphatic hydroxyl groups excluding tert-OH is 1. The molecule has 0 spiro atoms. The van der Waals surface area contributed by atoms with E-state index in [0.29, 0.717) is 18.7 Å². The zero-order valence-electron chi connectivity index (χ0n) is 10.4. The van der Waals surface area contributed by atoms with E-state index in [2.05, 4.69) is 10.3 Å². The van der Waals surface area contributed by atoms with Crippen molar-refractivity contribution in [3.05, 3.63) is 23.9 Å². The quantitative estimate of drug-likeness (QED) is 0.857. The summed E-state index contributed by atoms with van der Waals surface area (Å²) in [5.74, 6) is 0.334. The van der Waals surface area contributed by atoms with Crippen LogP contribution in [-0.2, 0) is 6.18 Å². The monoisotopic (exact) mass is 262 g/mol. The van der Waals surface area contributed by atoms with Crippen LogP contribution in [-0.4, -0.2) is 22.2 Å². The van der Waals surface area contributed by atoms with Crippen LogP contribution in [0.25, 0.3) is 0 Å². The highest BCUT2D eigenvalue weighted by Gasteiger charge is 2.31. The van der Waals surface area contributed by atoms with Gasteiger partial charge in [-0.15, -0.1) is 0 Å². The van der Waals surface area contributed by atoms with Gasteiger partial charge in [0.15, 0.2) is 0 Å². The molecule has 102 valence electrons. The van der Waals surface area contributed by atoms with Gasteiger partial charge >= 0.3 is 6.18 Å². The van der Waals surface area contributed by atoms with Crippen molar-refractivity contribution >= 4 is 5.82 Å². The van der Waals surface area contributed by atoms with Gasteiger partial charge in [0.2, 0.25) is 0 Å². The minimum Gasteiger partial charge on any atom is -0.394 e. The Labute approximate surface area is 104 Å². The van der Waals surface area contributed by atoms with Gasteiger partial charge in [-0.25, -0.2) is 4.98 Å². The highest BCUT2D eigenvalue weighted by atomic mass is 19.4. The first-order valence-corrected chi connectivity index (χ1v) is 5.79. The Morgan fingerprint density at radius 3 is 2.17 bits per heavy atom. The van der Waals surface area contributed by atoms with Crippen molar-refractivity contribution in [3.8, 4) is 0 Å². The first-order valence-electron chi connectivity index (χ1n) is 5.79. The molecular weight excluding hydrogens is 245 g/mol. The van der Waals surface area contributed by atoms with Crippen molar-refractivity contribution in [1.82, 2.24) is 4.98 Å². The number of halogens is 3. The predicted molar refractivity (Wildman–Crippen MR) is 63.3 cm³/mol. The third-order valence-corrected chi connectivity index (χ3v) is 3.14. The van der Waals surface area contributed by atoms with Crippen LogP contribution >= 0.6 is 0 Å². The average Bonchev–Trinajstić information content (AvgIpc) is 2.36. The average molecular weight is 262 g/mol. The second-order valence-electron chi connectivity index (χ2n) is 4.20. The van der Waals surface area contributed by atoms with Gasteiger partial charge in [0.05, 0.1) is 17.7 Å².